The van der Waals surface area contributed by atoms with Gasteiger partial charge in [-0.15, -0.1) is 0 Å². The molecule has 3 unspecified atom stereocenters. The summed E-state index contributed by atoms with van der Waals surface area (Å²) in [6.07, 6.45) is 0. The molecule has 31 heavy (non-hydrogen) atoms. The highest BCUT2D eigenvalue weighted by Crippen LogP contribution is 2.50. The molecule has 1 aliphatic heterocycles. The van der Waals surface area contributed by atoms with E-state index in [9.17, 15) is 14.2 Å². The van der Waals surface area contributed by atoms with E-state index in [-0.39, 0.29) is 0 Å². The fourth-order valence-electron chi connectivity index (χ4n) is 3.84. The van der Waals surface area contributed by atoms with Crippen molar-refractivity contribution < 1.29 is 14.2 Å². The van der Waals surface area contributed by atoms with Gasteiger partial charge >= 0.3 is 0 Å². The fourth-order valence-corrected chi connectivity index (χ4v) is 6.29. The first-order valence-electron chi connectivity index (χ1n) is 9.75. The lowest BCUT2D eigenvalue weighted by atomic mass is 10.0. The van der Waals surface area contributed by atoms with Crippen molar-refractivity contribution >= 4 is 53.2 Å². The van der Waals surface area contributed by atoms with Gasteiger partial charge in [0, 0.05) is 14.6 Å². The highest BCUT2D eigenvalue weighted by molar-refractivity contribution is 14.1. The highest BCUT2D eigenvalue weighted by Gasteiger charge is 2.42. The van der Waals surface area contributed by atoms with Crippen LogP contribution in [-0.4, -0.2) is 17.9 Å². The Morgan fingerprint density at radius 1 is 1.00 bits per heavy atom. The Morgan fingerprint density at radius 2 is 1.65 bits per heavy atom. The fraction of sp³-hybridized carbons (Fsp3) is 0.130. The molecule has 4 rings (SSSR count). The summed E-state index contributed by atoms with van der Waals surface area (Å²) in [6, 6.07) is 22.0. The van der Waals surface area contributed by atoms with Gasteiger partial charge in [-0.2, -0.15) is 0 Å². The Labute approximate surface area is 194 Å². The van der Waals surface area contributed by atoms with Crippen molar-refractivity contribution in [1.82, 2.24) is 5.32 Å². The number of primary amides is 1. The van der Waals surface area contributed by atoms with Crippen molar-refractivity contribution in [3.05, 3.63) is 93.6 Å². The van der Waals surface area contributed by atoms with Gasteiger partial charge in [0.2, 0.25) is 11.8 Å². The summed E-state index contributed by atoms with van der Waals surface area (Å²) in [6.45, 7) is 0. The lowest BCUT2D eigenvalue weighted by Crippen LogP contribution is -2.45. The molecule has 0 spiro atoms. The van der Waals surface area contributed by atoms with Gasteiger partial charge in [-0.3, -0.25) is 9.59 Å². The highest BCUT2D eigenvalue weighted by atomic mass is 127. The Balaban J connectivity index is 1.68. The number of rotatable bonds is 6. The molecule has 0 bridgehead atoms. The zero-order valence-corrected chi connectivity index (χ0v) is 19.6. The number of fused-ring (bicyclic) bond motifs is 1. The Morgan fingerprint density at radius 3 is 2.29 bits per heavy atom. The second-order valence-electron chi connectivity index (χ2n) is 7.32. The first kappa shape index (κ1) is 21.6. The predicted octanol–water partition coefficient (Wildman–Crippen LogP) is 3.35. The van der Waals surface area contributed by atoms with Crippen LogP contribution >= 0.6 is 30.4 Å². The third kappa shape index (κ3) is 4.52. The smallest absolute Gasteiger partial charge is 0.244 e. The molecular weight excluding hydrogens is 524 g/mol. The van der Waals surface area contributed by atoms with Crippen molar-refractivity contribution in [2.75, 3.05) is 5.32 Å². The van der Waals surface area contributed by atoms with Crippen molar-refractivity contribution in [2.24, 2.45) is 5.73 Å². The molecule has 3 aromatic carbocycles. The largest absolute Gasteiger partial charge is 0.373 e. The van der Waals surface area contributed by atoms with Gasteiger partial charge in [-0.05, 0) is 51.9 Å². The number of hydrogen-bond acceptors (Lipinski definition) is 4. The number of amides is 2. The maximum Gasteiger partial charge on any atom is 0.244 e. The summed E-state index contributed by atoms with van der Waals surface area (Å²) in [5, 5.41) is 6.68. The molecule has 8 heteroatoms. The molecule has 0 saturated carbocycles. The maximum atomic E-state index is 13.6. The summed E-state index contributed by atoms with van der Waals surface area (Å²) in [5.41, 5.74) is 7.25. The Bertz CT molecular complexity index is 1140. The quantitative estimate of drug-likeness (QED) is 0.327. The van der Waals surface area contributed by atoms with Gasteiger partial charge in [-0.25, -0.2) is 0 Å². The van der Waals surface area contributed by atoms with E-state index in [2.05, 4.69) is 33.2 Å². The topological polar surface area (TPSA) is 101 Å². The number of anilines is 1. The van der Waals surface area contributed by atoms with Crippen LogP contribution in [0.2, 0.25) is 0 Å². The van der Waals surface area contributed by atoms with Crippen LogP contribution in [0.1, 0.15) is 22.8 Å². The molecule has 0 fully saturated rings. The molecule has 1 aliphatic rings. The van der Waals surface area contributed by atoms with Crippen molar-refractivity contribution in [3.8, 4) is 0 Å². The minimum absolute atomic E-state index is 0.418. The molecule has 6 nitrogen and oxygen atoms in total. The molecule has 4 N–H and O–H groups in total. The van der Waals surface area contributed by atoms with Crippen LogP contribution < -0.4 is 21.7 Å². The number of hydrogen-bond donors (Lipinski definition) is 3. The molecule has 0 radical (unpaired) electrons. The summed E-state index contributed by atoms with van der Waals surface area (Å²) < 4.78 is 14.6. The van der Waals surface area contributed by atoms with Gasteiger partial charge in [0.05, 0.1) is 5.66 Å². The van der Waals surface area contributed by atoms with Gasteiger partial charge in [-0.1, -0.05) is 60.7 Å². The van der Waals surface area contributed by atoms with Crippen LogP contribution in [0, 0.1) is 3.57 Å². The van der Waals surface area contributed by atoms with Crippen molar-refractivity contribution in [1.29, 1.82) is 0 Å². The summed E-state index contributed by atoms with van der Waals surface area (Å²) >= 11 is 2.20. The summed E-state index contributed by atoms with van der Waals surface area (Å²) in [7, 11) is -2.38. The number of carbonyl (C=O) groups is 2. The molecular formula is C23H21IN3O3P. The zero-order valence-electron chi connectivity index (χ0n) is 16.4. The minimum Gasteiger partial charge on any atom is -0.373 e. The van der Waals surface area contributed by atoms with E-state index in [0.29, 0.717) is 10.9 Å². The van der Waals surface area contributed by atoms with E-state index in [1.807, 2.05) is 54.6 Å². The molecule has 3 aromatic rings. The molecule has 158 valence electrons. The Kier molecular flexibility index (Phi) is 6.43. The first-order valence-corrected chi connectivity index (χ1v) is 12.3. The number of nitrogens with two attached hydrogens (primary N) is 1. The monoisotopic (exact) mass is 545 g/mol. The second-order valence-corrected chi connectivity index (χ2v) is 10.5. The lowest BCUT2D eigenvalue weighted by Gasteiger charge is -2.23. The third-order valence-electron chi connectivity index (χ3n) is 5.32. The normalized spacial score (nSPS) is 19.0. The minimum atomic E-state index is -2.38. The summed E-state index contributed by atoms with van der Waals surface area (Å²) in [5.74, 6) is -1.07. The first-order chi connectivity index (χ1) is 15.0. The molecule has 0 aromatic heterocycles. The average molecular weight is 545 g/mol. The molecule has 0 aliphatic carbocycles. The molecule has 4 atom stereocenters. The maximum absolute atomic E-state index is 13.6. The van der Waals surface area contributed by atoms with Crippen LogP contribution in [0.15, 0.2) is 78.9 Å². The molecule has 1 heterocycles. The second kappa shape index (κ2) is 9.24. The van der Waals surface area contributed by atoms with Crippen LogP contribution in [0.25, 0.3) is 0 Å². The van der Waals surface area contributed by atoms with Gasteiger partial charge in [0.25, 0.3) is 0 Å². The van der Waals surface area contributed by atoms with E-state index in [1.54, 1.807) is 24.3 Å². The summed E-state index contributed by atoms with van der Waals surface area (Å²) in [4.78, 5) is 25.4. The third-order valence-corrected chi connectivity index (χ3v) is 8.10. The molecule has 2 amide bonds. The van der Waals surface area contributed by atoms with E-state index < -0.39 is 37.4 Å². The van der Waals surface area contributed by atoms with Crippen molar-refractivity contribution in [3.63, 3.8) is 0 Å². The van der Waals surface area contributed by atoms with Crippen LogP contribution in [0.4, 0.5) is 5.69 Å². The van der Waals surface area contributed by atoms with E-state index in [4.69, 9.17) is 5.73 Å². The number of benzene rings is 3. The predicted molar refractivity (Wildman–Crippen MR) is 131 cm³/mol. The SMILES string of the molecule is NC(=O)[C@@H](NC(=O)C1Nc2ccc(I)cc2C1[PH](=O)c1ccccc1)c1ccccc1. The van der Waals surface area contributed by atoms with E-state index in [0.717, 1.165) is 14.8 Å². The molecule has 0 saturated heterocycles. The van der Waals surface area contributed by atoms with Crippen LogP contribution in [0.3, 0.4) is 0 Å². The number of nitrogens with one attached hydrogen (secondary N) is 2. The van der Waals surface area contributed by atoms with Gasteiger partial charge < -0.3 is 20.9 Å². The number of halogens is 1. The standard InChI is InChI=1S/C23H21IN3O3P/c24-15-11-12-18-17(13-15)21(31(30)16-9-5-2-6-10-16)20(26-18)23(29)27-19(22(25)28)14-7-3-1-4-8-14/h1-13,19-21,26,31H,(H2,25,28)(H,27,29)/t19-,20?,21?/m0/s1. The van der Waals surface area contributed by atoms with Crippen LogP contribution in [-0.2, 0) is 14.2 Å². The van der Waals surface area contributed by atoms with Crippen molar-refractivity contribution in [2.45, 2.75) is 17.7 Å². The Hall–Kier alpha value is -2.64. The zero-order chi connectivity index (χ0) is 22.0. The van der Waals surface area contributed by atoms with E-state index in [1.165, 1.54) is 0 Å². The average Bonchev–Trinajstić information content (AvgIpc) is 3.16. The van der Waals surface area contributed by atoms with Gasteiger partial charge in [0.1, 0.15) is 19.9 Å². The van der Waals surface area contributed by atoms with Gasteiger partial charge in [0.15, 0.2) is 0 Å². The van der Waals surface area contributed by atoms with E-state index >= 15 is 0 Å². The lowest BCUT2D eigenvalue weighted by molar-refractivity contribution is -0.127. The number of carbonyl (C=O) groups excluding carboxylic acids is 2. The van der Waals surface area contributed by atoms with Crippen LogP contribution in [0.5, 0.6) is 0 Å².